The molecular formula is C7H3F2O. The summed E-state index contributed by atoms with van der Waals surface area (Å²) in [6, 6.07) is 2.68. The molecule has 0 bridgehead atoms. The smallest absolute Gasteiger partial charge is 0.236 e. The monoisotopic (exact) mass is 141 g/mol. The standard InChI is InChI=1S/C7H3F2O/c8-6-2-1-5(4-10)7(9)3-6/h1-3H. The maximum atomic E-state index is 12.3. The Bertz CT molecular complexity index is 258. The third-order valence-electron chi connectivity index (χ3n) is 1.04. The summed E-state index contributed by atoms with van der Waals surface area (Å²) in [5, 5.41) is 0. The van der Waals surface area contributed by atoms with Crippen molar-refractivity contribution in [2.75, 3.05) is 0 Å². The van der Waals surface area contributed by atoms with Crippen LogP contribution in [0.1, 0.15) is 5.56 Å². The van der Waals surface area contributed by atoms with Crippen LogP contribution in [0.15, 0.2) is 18.2 Å². The molecule has 0 aromatic heterocycles. The first kappa shape index (κ1) is 6.86. The Morgan fingerprint density at radius 3 is 2.50 bits per heavy atom. The van der Waals surface area contributed by atoms with Gasteiger partial charge in [-0.25, -0.2) is 8.78 Å². The zero-order chi connectivity index (χ0) is 7.56. The maximum Gasteiger partial charge on any atom is 0.236 e. The molecule has 0 saturated carbocycles. The summed E-state index contributed by atoms with van der Waals surface area (Å²) in [7, 11) is 0. The number of hydrogen-bond donors (Lipinski definition) is 0. The minimum Gasteiger partial charge on any atom is -0.285 e. The van der Waals surface area contributed by atoms with E-state index in [-0.39, 0.29) is 5.56 Å². The third-order valence-corrected chi connectivity index (χ3v) is 1.04. The minimum absolute atomic E-state index is 0.249. The van der Waals surface area contributed by atoms with Gasteiger partial charge in [0.15, 0.2) is 0 Å². The number of benzene rings is 1. The fourth-order valence-electron chi connectivity index (χ4n) is 0.572. The van der Waals surface area contributed by atoms with Crippen LogP contribution in [-0.2, 0) is 4.79 Å². The second kappa shape index (κ2) is 2.56. The molecule has 0 N–H and O–H groups in total. The van der Waals surface area contributed by atoms with Crippen LogP contribution in [0.4, 0.5) is 8.78 Å². The summed E-state index contributed by atoms with van der Waals surface area (Å²) in [4.78, 5) is 9.85. The van der Waals surface area contributed by atoms with Crippen molar-refractivity contribution >= 4 is 6.29 Å². The molecule has 1 rings (SSSR count). The molecule has 0 fully saturated rings. The summed E-state index contributed by atoms with van der Waals surface area (Å²) in [6.45, 7) is 0. The summed E-state index contributed by atoms with van der Waals surface area (Å²) in [5.74, 6) is -1.58. The van der Waals surface area contributed by atoms with Crippen molar-refractivity contribution in [1.29, 1.82) is 0 Å². The van der Waals surface area contributed by atoms with Gasteiger partial charge in [-0.1, -0.05) is 0 Å². The fraction of sp³-hybridized carbons (Fsp3) is 0. The Morgan fingerprint density at radius 2 is 2.00 bits per heavy atom. The Balaban J connectivity index is 3.19. The van der Waals surface area contributed by atoms with E-state index in [4.69, 9.17) is 0 Å². The first-order chi connectivity index (χ1) is 4.74. The highest BCUT2D eigenvalue weighted by Crippen LogP contribution is 2.05. The molecule has 0 heterocycles. The Morgan fingerprint density at radius 1 is 1.30 bits per heavy atom. The average Bonchev–Trinajstić information content (AvgIpc) is 1.88. The molecule has 51 valence electrons. The van der Waals surface area contributed by atoms with Crippen molar-refractivity contribution in [3.05, 3.63) is 35.4 Å². The molecule has 0 amide bonds. The highest BCUT2D eigenvalue weighted by molar-refractivity contribution is 5.75. The first-order valence-corrected chi connectivity index (χ1v) is 2.57. The molecule has 0 saturated heterocycles. The van der Waals surface area contributed by atoms with Crippen molar-refractivity contribution < 1.29 is 13.6 Å². The Hall–Kier alpha value is -1.25. The molecule has 1 radical (unpaired) electrons. The van der Waals surface area contributed by atoms with E-state index in [1.807, 2.05) is 0 Å². The highest BCUT2D eigenvalue weighted by Gasteiger charge is 2.01. The molecule has 1 aromatic carbocycles. The van der Waals surface area contributed by atoms with E-state index in [9.17, 15) is 13.6 Å². The topological polar surface area (TPSA) is 17.1 Å². The zero-order valence-electron chi connectivity index (χ0n) is 4.90. The lowest BCUT2D eigenvalue weighted by molar-refractivity contribution is 0.552. The van der Waals surface area contributed by atoms with Crippen LogP contribution >= 0.6 is 0 Å². The molecule has 0 aliphatic rings. The maximum absolute atomic E-state index is 12.3. The molecule has 0 unspecified atom stereocenters. The van der Waals surface area contributed by atoms with Gasteiger partial charge in [0.2, 0.25) is 6.29 Å². The summed E-state index contributed by atoms with van der Waals surface area (Å²) in [5.41, 5.74) is -0.249. The van der Waals surface area contributed by atoms with Crippen LogP contribution in [0.25, 0.3) is 0 Å². The Kier molecular flexibility index (Phi) is 1.76. The van der Waals surface area contributed by atoms with Gasteiger partial charge in [0.1, 0.15) is 11.6 Å². The third kappa shape index (κ3) is 1.18. The minimum atomic E-state index is -0.880. The summed E-state index contributed by atoms with van der Waals surface area (Å²) >= 11 is 0. The SMILES string of the molecule is O=[C]c1ccc(F)cc1F. The molecule has 1 aromatic rings. The predicted octanol–water partition coefficient (Wildman–Crippen LogP) is 1.42. The fourth-order valence-corrected chi connectivity index (χ4v) is 0.572. The van der Waals surface area contributed by atoms with Gasteiger partial charge in [-0.2, -0.15) is 0 Å². The molecule has 0 atom stereocenters. The average molecular weight is 141 g/mol. The van der Waals surface area contributed by atoms with E-state index in [0.29, 0.717) is 6.07 Å². The highest BCUT2D eigenvalue weighted by atomic mass is 19.1. The van der Waals surface area contributed by atoms with Gasteiger partial charge in [0.05, 0.1) is 5.56 Å². The van der Waals surface area contributed by atoms with Gasteiger partial charge >= 0.3 is 0 Å². The van der Waals surface area contributed by atoms with Crippen molar-refractivity contribution in [2.45, 2.75) is 0 Å². The lowest BCUT2D eigenvalue weighted by Gasteiger charge is -1.90. The van der Waals surface area contributed by atoms with Gasteiger partial charge in [-0.05, 0) is 12.1 Å². The second-order valence-electron chi connectivity index (χ2n) is 1.73. The van der Waals surface area contributed by atoms with E-state index >= 15 is 0 Å². The Labute approximate surface area is 56.3 Å². The van der Waals surface area contributed by atoms with Crippen LogP contribution in [-0.4, -0.2) is 6.29 Å². The summed E-state index contributed by atoms with van der Waals surface area (Å²) < 4.78 is 24.5. The lowest BCUT2D eigenvalue weighted by Crippen LogP contribution is -1.87. The first-order valence-electron chi connectivity index (χ1n) is 2.57. The molecule has 0 spiro atoms. The van der Waals surface area contributed by atoms with Crippen molar-refractivity contribution in [1.82, 2.24) is 0 Å². The van der Waals surface area contributed by atoms with Gasteiger partial charge in [-0.15, -0.1) is 0 Å². The lowest BCUT2D eigenvalue weighted by atomic mass is 10.2. The van der Waals surface area contributed by atoms with Crippen LogP contribution in [0, 0.1) is 11.6 Å². The number of carbonyl (C=O) groups excluding carboxylic acids is 1. The van der Waals surface area contributed by atoms with Crippen LogP contribution in [0.2, 0.25) is 0 Å². The predicted molar refractivity (Wildman–Crippen MR) is 31.2 cm³/mol. The van der Waals surface area contributed by atoms with Crippen molar-refractivity contribution in [2.24, 2.45) is 0 Å². The van der Waals surface area contributed by atoms with E-state index in [1.54, 1.807) is 0 Å². The number of rotatable bonds is 1. The van der Waals surface area contributed by atoms with Gasteiger partial charge < -0.3 is 0 Å². The quantitative estimate of drug-likeness (QED) is 0.578. The molecule has 0 aliphatic heterocycles. The van der Waals surface area contributed by atoms with Crippen LogP contribution < -0.4 is 0 Å². The molecule has 0 aliphatic carbocycles. The summed E-state index contributed by atoms with van der Waals surface area (Å²) in [6.07, 6.45) is 1.33. The number of halogens is 2. The van der Waals surface area contributed by atoms with Crippen LogP contribution in [0.5, 0.6) is 0 Å². The molecular weight excluding hydrogens is 138 g/mol. The largest absolute Gasteiger partial charge is 0.285 e. The van der Waals surface area contributed by atoms with Gasteiger partial charge in [0.25, 0.3) is 0 Å². The molecule has 3 heteroatoms. The zero-order valence-corrected chi connectivity index (χ0v) is 4.90. The van der Waals surface area contributed by atoms with Gasteiger partial charge in [-0.3, -0.25) is 4.79 Å². The normalized spacial score (nSPS) is 9.40. The van der Waals surface area contributed by atoms with Crippen molar-refractivity contribution in [3.8, 4) is 0 Å². The molecule has 1 nitrogen and oxygen atoms in total. The van der Waals surface area contributed by atoms with Crippen LogP contribution in [0.3, 0.4) is 0 Å². The van der Waals surface area contributed by atoms with E-state index < -0.39 is 11.6 Å². The molecule has 10 heavy (non-hydrogen) atoms. The second-order valence-corrected chi connectivity index (χ2v) is 1.73. The van der Waals surface area contributed by atoms with E-state index in [1.165, 1.54) is 6.29 Å². The van der Waals surface area contributed by atoms with E-state index in [0.717, 1.165) is 12.1 Å². The number of hydrogen-bond acceptors (Lipinski definition) is 1. The van der Waals surface area contributed by atoms with Crippen molar-refractivity contribution in [3.63, 3.8) is 0 Å². The van der Waals surface area contributed by atoms with Gasteiger partial charge in [0, 0.05) is 6.07 Å². The van der Waals surface area contributed by atoms with E-state index in [2.05, 4.69) is 0 Å².